The first-order valence-corrected chi connectivity index (χ1v) is 5.80. The Morgan fingerprint density at radius 1 is 1.53 bits per heavy atom. The standard InChI is InChI=1S/C14H14N4O/c1-10-4-5-11(3-2-6-15)7-13(10)18-14(19)12-8-16-17-9-12/h4-5,7-9H,6,15H2,1H3,(H,16,17)(H,18,19). The van der Waals surface area contributed by atoms with Gasteiger partial charge in [-0.2, -0.15) is 5.10 Å². The van der Waals surface area contributed by atoms with E-state index in [-0.39, 0.29) is 5.91 Å². The van der Waals surface area contributed by atoms with Crippen molar-refractivity contribution in [2.24, 2.45) is 5.73 Å². The summed E-state index contributed by atoms with van der Waals surface area (Å²) in [6.45, 7) is 2.23. The lowest BCUT2D eigenvalue weighted by molar-refractivity contribution is 0.102. The van der Waals surface area contributed by atoms with Crippen LogP contribution in [0.1, 0.15) is 21.5 Å². The highest BCUT2D eigenvalue weighted by Crippen LogP contribution is 2.17. The maximum atomic E-state index is 11.9. The summed E-state index contributed by atoms with van der Waals surface area (Å²) in [5, 5.41) is 9.18. The first-order chi connectivity index (χ1) is 9.20. The molecular formula is C14H14N4O. The van der Waals surface area contributed by atoms with E-state index in [1.54, 1.807) is 6.20 Å². The van der Waals surface area contributed by atoms with Crippen LogP contribution in [0.25, 0.3) is 0 Å². The number of carbonyl (C=O) groups is 1. The second-order valence-electron chi connectivity index (χ2n) is 3.98. The third kappa shape index (κ3) is 3.21. The second kappa shape index (κ2) is 5.85. The van der Waals surface area contributed by atoms with Crippen LogP contribution in [0.2, 0.25) is 0 Å². The van der Waals surface area contributed by atoms with E-state index >= 15 is 0 Å². The fourth-order valence-corrected chi connectivity index (χ4v) is 1.56. The van der Waals surface area contributed by atoms with E-state index in [0.29, 0.717) is 12.1 Å². The van der Waals surface area contributed by atoms with Gasteiger partial charge in [0.1, 0.15) is 0 Å². The molecule has 1 amide bonds. The Hall–Kier alpha value is -2.58. The van der Waals surface area contributed by atoms with Crippen LogP contribution in [0.4, 0.5) is 5.69 Å². The number of carbonyl (C=O) groups excluding carboxylic acids is 1. The van der Waals surface area contributed by atoms with Crippen molar-refractivity contribution in [3.63, 3.8) is 0 Å². The number of nitrogens with zero attached hydrogens (tertiary/aromatic N) is 1. The van der Waals surface area contributed by atoms with Crippen LogP contribution in [0.5, 0.6) is 0 Å². The van der Waals surface area contributed by atoms with Gasteiger partial charge in [-0.05, 0) is 24.6 Å². The Morgan fingerprint density at radius 3 is 3.05 bits per heavy atom. The smallest absolute Gasteiger partial charge is 0.258 e. The number of amides is 1. The third-order valence-electron chi connectivity index (χ3n) is 2.58. The molecule has 0 bridgehead atoms. The normalized spacial score (nSPS) is 9.58. The summed E-state index contributed by atoms with van der Waals surface area (Å²) in [4.78, 5) is 11.9. The van der Waals surface area contributed by atoms with Gasteiger partial charge in [0.15, 0.2) is 0 Å². The van der Waals surface area contributed by atoms with Gasteiger partial charge in [-0.3, -0.25) is 9.89 Å². The largest absolute Gasteiger partial charge is 0.322 e. The molecule has 0 unspecified atom stereocenters. The number of aromatic amines is 1. The summed E-state index contributed by atoms with van der Waals surface area (Å²) >= 11 is 0. The van der Waals surface area contributed by atoms with E-state index in [0.717, 1.165) is 16.8 Å². The number of nitrogens with two attached hydrogens (primary N) is 1. The number of aryl methyl sites for hydroxylation is 1. The number of anilines is 1. The average Bonchev–Trinajstić information content (AvgIpc) is 2.93. The Kier molecular flexibility index (Phi) is 3.96. The molecule has 0 fully saturated rings. The molecule has 4 N–H and O–H groups in total. The summed E-state index contributed by atoms with van der Waals surface area (Å²) in [5.74, 6) is 5.51. The fourth-order valence-electron chi connectivity index (χ4n) is 1.56. The van der Waals surface area contributed by atoms with E-state index in [9.17, 15) is 4.79 Å². The number of nitrogens with one attached hydrogen (secondary N) is 2. The molecule has 5 nitrogen and oxygen atoms in total. The van der Waals surface area contributed by atoms with Gasteiger partial charge in [0.2, 0.25) is 0 Å². The molecule has 2 rings (SSSR count). The molecule has 1 heterocycles. The van der Waals surface area contributed by atoms with E-state index < -0.39 is 0 Å². The van der Waals surface area contributed by atoms with Gasteiger partial charge < -0.3 is 11.1 Å². The molecule has 0 aliphatic heterocycles. The Morgan fingerprint density at radius 2 is 2.37 bits per heavy atom. The maximum Gasteiger partial charge on any atom is 0.258 e. The lowest BCUT2D eigenvalue weighted by atomic mass is 10.1. The molecule has 0 radical (unpaired) electrons. The van der Waals surface area contributed by atoms with Gasteiger partial charge in [0.25, 0.3) is 5.91 Å². The lowest BCUT2D eigenvalue weighted by Gasteiger charge is -2.07. The number of benzene rings is 1. The van der Waals surface area contributed by atoms with Crippen LogP contribution in [0, 0.1) is 18.8 Å². The van der Waals surface area contributed by atoms with Crippen molar-refractivity contribution >= 4 is 11.6 Å². The predicted octanol–water partition coefficient (Wildman–Crippen LogP) is 1.28. The molecule has 96 valence electrons. The number of hydrogen-bond acceptors (Lipinski definition) is 3. The maximum absolute atomic E-state index is 11.9. The summed E-state index contributed by atoms with van der Waals surface area (Å²) in [6, 6.07) is 5.63. The fraction of sp³-hybridized carbons (Fsp3) is 0.143. The zero-order valence-corrected chi connectivity index (χ0v) is 10.5. The summed E-state index contributed by atoms with van der Waals surface area (Å²) in [6.07, 6.45) is 3.02. The topological polar surface area (TPSA) is 83.8 Å². The van der Waals surface area contributed by atoms with Crippen LogP contribution in [0.15, 0.2) is 30.6 Å². The molecular weight excluding hydrogens is 240 g/mol. The van der Waals surface area contributed by atoms with Crippen molar-refractivity contribution in [1.29, 1.82) is 0 Å². The minimum atomic E-state index is -0.208. The molecule has 0 atom stereocenters. The van der Waals surface area contributed by atoms with Crippen LogP contribution in [-0.2, 0) is 0 Å². The SMILES string of the molecule is Cc1ccc(C#CCN)cc1NC(=O)c1cn[nH]c1. The Balaban J connectivity index is 2.22. The number of rotatable bonds is 2. The van der Waals surface area contributed by atoms with Crippen molar-refractivity contribution in [2.45, 2.75) is 6.92 Å². The van der Waals surface area contributed by atoms with Crippen molar-refractivity contribution in [2.75, 3.05) is 11.9 Å². The predicted molar refractivity (Wildman–Crippen MR) is 73.7 cm³/mol. The van der Waals surface area contributed by atoms with Crippen molar-refractivity contribution < 1.29 is 4.79 Å². The second-order valence-corrected chi connectivity index (χ2v) is 3.98. The van der Waals surface area contributed by atoms with Gasteiger partial charge in [-0.25, -0.2) is 0 Å². The number of aromatic nitrogens is 2. The van der Waals surface area contributed by atoms with E-state index in [2.05, 4.69) is 27.4 Å². The highest BCUT2D eigenvalue weighted by molar-refractivity contribution is 6.04. The Labute approximate surface area is 111 Å². The molecule has 19 heavy (non-hydrogen) atoms. The zero-order valence-electron chi connectivity index (χ0n) is 10.5. The van der Waals surface area contributed by atoms with Crippen molar-refractivity contribution in [3.8, 4) is 11.8 Å². The molecule has 2 aromatic rings. The van der Waals surface area contributed by atoms with Crippen LogP contribution < -0.4 is 11.1 Å². The van der Waals surface area contributed by atoms with Crippen molar-refractivity contribution in [3.05, 3.63) is 47.3 Å². The minimum absolute atomic E-state index is 0.208. The van der Waals surface area contributed by atoms with Gasteiger partial charge in [-0.15, -0.1) is 0 Å². The zero-order chi connectivity index (χ0) is 13.7. The summed E-state index contributed by atoms with van der Waals surface area (Å²) in [7, 11) is 0. The Bertz CT molecular complexity index is 635. The quantitative estimate of drug-likeness (QED) is 0.706. The van der Waals surface area contributed by atoms with Gasteiger partial charge in [-0.1, -0.05) is 17.9 Å². The number of hydrogen-bond donors (Lipinski definition) is 3. The van der Waals surface area contributed by atoms with Gasteiger partial charge in [0, 0.05) is 17.4 Å². The van der Waals surface area contributed by atoms with E-state index in [4.69, 9.17) is 5.73 Å². The van der Waals surface area contributed by atoms with Gasteiger partial charge >= 0.3 is 0 Å². The van der Waals surface area contributed by atoms with E-state index in [1.165, 1.54) is 6.20 Å². The minimum Gasteiger partial charge on any atom is -0.322 e. The lowest BCUT2D eigenvalue weighted by Crippen LogP contribution is -2.12. The number of H-pyrrole nitrogens is 1. The van der Waals surface area contributed by atoms with Crippen LogP contribution in [-0.4, -0.2) is 22.6 Å². The molecule has 0 saturated carbocycles. The molecule has 1 aromatic heterocycles. The van der Waals surface area contributed by atoms with Gasteiger partial charge in [0.05, 0.1) is 18.3 Å². The highest BCUT2D eigenvalue weighted by Gasteiger charge is 2.08. The molecule has 0 aliphatic rings. The molecule has 5 heteroatoms. The van der Waals surface area contributed by atoms with E-state index in [1.807, 2.05) is 25.1 Å². The summed E-state index contributed by atoms with van der Waals surface area (Å²) < 4.78 is 0. The third-order valence-corrected chi connectivity index (χ3v) is 2.58. The first kappa shape index (κ1) is 12.9. The first-order valence-electron chi connectivity index (χ1n) is 5.80. The monoisotopic (exact) mass is 254 g/mol. The average molecular weight is 254 g/mol. The highest BCUT2D eigenvalue weighted by atomic mass is 16.1. The van der Waals surface area contributed by atoms with Crippen LogP contribution >= 0.6 is 0 Å². The molecule has 0 aliphatic carbocycles. The molecule has 0 saturated heterocycles. The van der Waals surface area contributed by atoms with Crippen molar-refractivity contribution in [1.82, 2.24) is 10.2 Å². The summed E-state index contributed by atoms with van der Waals surface area (Å²) in [5.41, 5.74) is 8.34. The molecule has 1 aromatic carbocycles. The van der Waals surface area contributed by atoms with Crippen LogP contribution in [0.3, 0.4) is 0 Å². The molecule has 0 spiro atoms.